The highest BCUT2D eigenvalue weighted by Gasteiger charge is 2.42. The normalized spacial score (nSPS) is 16.1. The van der Waals surface area contributed by atoms with Crippen LogP contribution >= 0.6 is 0 Å². The summed E-state index contributed by atoms with van der Waals surface area (Å²) < 4.78 is 0. The van der Waals surface area contributed by atoms with Crippen molar-refractivity contribution in [2.24, 2.45) is 11.7 Å². The number of nitrogens with one attached hydrogen (secondary N) is 10. The number of rotatable bonds is 46. The Morgan fingerprint density at radius 2 is 0.790 bits per heavy atom. The molecule has 1 heterocycles. The Labute approximate surface area is 569 Å². The van der Waals surface area contributed by atoms with Crippen LogP contribution in [0.15, 0.2) is 30.3 Å². The van der Waals surface area contributed by atoms with Gasteiger partial charge in [-0.2, -0.15) is 0 Å². The molecule has 1 aromatic rings. The van der Waals surface area contributed by atoms with E-state index in [-0.39, 0.29) is 32.2 Å². The van der Waals surface area contributed by atoms with Gasteiger partial charge in [0.1, 0.15) is 66.5 Å². The summed E-state index contributed by atoms with van der Waals surface area (Å²) in [4.78, 5) is 246. The van der Waals surface area contributed by atoms with Crippen molar-refractivity contribution >= 4 is 113 Å². The minimum absolute atomic E-state index is 0.0501. The van der Waals surface area contributed by atoms with Crippen LogP contribution in [0.25, 0.3) is 0 Å². The molecule has 1 aliphatic heterocycles. The molecule has 40 heteroatoms. The first kappa shape index (κ1) is 85.2. The first-order valence-corrected chi connectivity index (χ1v) is 31.3. The number of carbonyl (C=O) groups is 19. The number of likely N-dealkylation sites (tertiary alicyclic amines) is 1. The van der Waals surface area contributed by atoms with Crippen molar-refractivity contribution in [2.45, 2.75) is 209 Å². The number of aliphatic hydroxyl groups is 1. The molecule has 1 saturated heterocycles. The molecule has 0 bridgehead atoms. The molecule has 0 aliphatic carbocycles. The minimum Gasteiger partial charge on any atom is -0.481 e. The lowest BCUT2D eigenvalue weighted by atomic mass is 10.0. The SMILES string of the molecule is CC(C)C[C@H](NC(=O)[C@H](CCC(=O)O)NC(=O)[C@H](CCC(=O)O)NC(=O)[C@@H](N)CCC(=O)O)C(=O)N[C@@H](CCC(=O)O)C(=O)N[C@@H](C)C(=O)N[C@H](C(=O)N1CCC[C@H]1C(=O)N[C@@H](CCC(=O)O)C(=O)N[C@@H](CC(=O)O)C(=O)N[C@@H](CC(=O)O)C(=O)N[C@@H](Cc1ccccc1)C(=O)O)[C@@H](C)O. The van der Waals surface area contributed by atoms with Crippen molar-refractivity contribution in [1.82, 2.24) is 58.1 Å². The first-order chi connectivity index (χ1) is 46.7. The molecule has 2 rings (SSSR count). The zero-order valence-electron chi connectivity index (χ0n) is 54.8. The zero-order valence-corrected chi connectivity index (χ0v) is 54.8. The summed E-state index contributed by atoms with van der Waals surface area (Å²) in [5, 5.41) is 109. The smallest absolute Gasteiger partial charge is 0.326 e. The lowest BCUT2D eigenvalue weighted by Gasteiger charge is -2.31. The number of benzene rings is 1. The maximum Gasteiger partial charge on any atom is 0.326 e. The van der Waals surface area contributed by atoms with Crippen LogP contribution in [0.1, 0.15) is 130 Å². The van der Waals surface area contributed by atoms with Crippen LogP contribution in [-0.2, 0) is 97.5 Å². The lowest BCUT2D eigenvalue weighted by molar-refractivity contribution is -0.145. The van der Waals surface area contributed by atoms with Gasteiger partial charge >= 0.3 is 47.8 Å². The summed E-state index contributed by atoms with van der Waals surface area (Å²) in [6.45, 7) is 5.00. The van der Waals surface area contributed by atoms with Crippen molar-refractivity contribution in [1.29, 1.82) is 0 Å². The number of nitrogens with two attached hydrogens (primary N) is 1. The average molecular weight is 1420 g/mol. The Hall–Kier alpha value is -10.9. The number of carboxylic acid groups (broad SMARTS) is 8. The predicted molar refractivity (Wildman–Crippen MR) is 335 cm³/mol. The van der Waals surface area contributed by atoms with Gasteiger partial charge in [0.05, 0.1) is 25.0 Å². The highest BCUT2D eigenvalue weighted by atomic mass is 16.4. The molecule has 100 heavy (non-hydrogen) atoms. The van der Waals surface area contributed by atoms with Gasteiger partial charge in [0.15, 0.2) is 0 Å². The number of aliphatic hydroxyl groups excluding tert-OH is 1. The molecule has 1 fully saturated rings. The molecule has 0 unspecified atom stereocenters. The van der Waals surface area contributed by atoms with E-state index in [9.17, 15) is 132 Å². The number of hydrogen-bond donors (Lipinski definition) is 20. The molecule has 13 atom stereocenters. The zero-order chi connectivity index (χ0) is 75.8. The number of carbonyl (C=O) groups excluding carboxylic acids is 11. The van der Waals surface area contributed by atoms with Crippen LogP contribution in [0.4, 0.5) is 0 Å². The minimum atomic E-state index is -2.19. The third kappa shape index (κ3) is 31.1. The summed E-state index contributed by atoms with van der Waals surface area (Å²) in [6, 6.07) is -13.9. The maximum atomic E-state index is 14.2. The van der Waals surface area contributed by atoms with Crippen LogP contribution in [0.5, 0.6) is 0 Å². The molecular weight excluding hydrogens is 1340 g/mol. The monoisotopic (exact) mass is 1420 g/mol. The fourth-order valence-corrected chi connectivity index (χ4v) is 9.79. The van der Waals surface area contributed by atoms with Crippen LogP contribution in [0.2, 0.25) is 0 Å². The van der Waals surface area contributed by atoms with Crippen molar-refractivity contribution in [3.8, 4) is 0 Å². The second-order valence-electron chi connectivity index (χ2n) is 23.8. The Bertz CT molecular complexity index is 3170. The molecular formula is C60H86N12O28. The average Bonchev–Trinajstić information content (AvgIpc) is 1.61. The number of carboxylic acids is 8. The summed E-state index contributed by atoms with van der Waals surface area (Å²) >= 11 is 0. The molecule has 554 valence electrons. The van der Waals surface area contributed by atoms with Gasteiger partial charge in [-0.15, -0.1) is 0 Å². The number of nitrogens with zero attached hydrogens (tertiary/aromatic N) is 1. The fourth-order valence-electron chi connectivity index (χ4n) is 9.79. The predicted octanol–water partition coefficient (Wildman–Crippen LogP) is -5.80. The van der Waals surface area contributed by atoms with Crippen LogP contribution in [0.3, 0.4) is 0 Å². The van der Waals surface area contributed by atoms with E-state index in [4.69, 9.17) is 10.8 Å². The van der Waals surface area contributed by atoms with Gasteiger partial charge in [0.25, 0.3) is 0 Å². The molecule has 1 aromatic carbocycles. The van der Waals surface area contributed by atoms with Gasteiger partial charge in [0, 0.05) is 45.1 Å². The van der Waals surface area contributed by atoms with Gasteiger partial charge in [-0.05, 0) is 76.7 Å². The highest BCUT2D eigenvalue weighted by Crippen LogP contribution is 2.21. The lowest BCUT2D eigenvalue weighted by Crippen LogP contribution is -2.61. The Balaban J connectivity index is 2.37. The maximum absolute atomic E-state index is 14.2. The Kier molecular flexibility index (Phi) is 35.8. The van der Waals surface area contributed by atoms with Crippen molar-refractivity contribution in [2.75, 3.05) is 6.54 Å². The molecule has 0 radical (unpaired) electrons. The second-order valence-corrected chi connectivity index (χ2v) is 23.8. The van der Waals surface area contributed by atoms with Gasteiger partial charge in [-0.3, -0.25) is 86.3 Å². The summed E-state index contributed by atoms with van der Waals surface area (Å²) in [6.07, 6.45) is -11.8. The van der Waals surface area contributed by atoms with E-state index in [1.807, 2.05) is 10.6 Å². The molecule has 11 amide bonds. The van der Waals surface area contributed by atoms with Gasteiger partial charge in [-0.25, -0.2) is 4.79 Å². The van der Waals surface area contributed by atoms with E-state index in [1.54, 1.807) is 32.0 Å². The summed E-state index contributed by atoms with van der Waals surface area (Å²) in [5.74, 6) is -26.5. The van der Waals surface area contributed by atoms with E-state index >= 15 is 0 Å². The van der Waals surface area contributed by atoms with Crippen molar-refractivity contribution in [3.05, 3.63) is 35.9 Å². The van der Waals surface area contributed by atoms with Crippen molar-refractivity contribution in [3.63, 3.8) is 0 Å². The third-order valence-electron chi connectivity index (χ3n) is 15.0. The van der Waals surface area contributed by atoms with E-state index in [2.05, 4.69) is 42.5 Å². The number of aliphatic carboxylic acids is 8. The van der Waals surface area contributed by atoms with Gasteiger partial charge in [-0.1, -0.05) is 44.2 Å². The Morgan fingerprint density at radius 3 is 1.19 bits per heavy atom. The van der Waals surface area contributed by atoms with E-state index in [1.165, 1.54) is 12.1 Å². The largest absolute Gasteiger partial charge is 0.481 e. The highest BCUT2D eigenvalue weighted by molar-refractivity contribution is 6.01. The van der Waals surface area contributed by atoms with Crippen LogP contribution in [-0.4, -0.2) is 249 Å². The first-order valence-electron chi connectivity index (χ1n) is 31.3. The summed E-state index contributed by atoms with van der Waals surface area (Å²) in [7, 11) is 0. The van der Waals surface area contributed by atoms with E-state index < -0.39 is 274 Å². The summed E-state index contributed by atoms with van der Waals surface area (Å²) in [5.41, 5.74) is 6.18. The molecule has 0 aromatic heterocycles. The Morgan fingerprint density at radius 1 is 0.430 bits per heavy atom. The van der Waals surface area contributed by atoms with E-state index in [0.717, 1.165) is 18.7 Å². The van der Waals surface area contributed by atoms with E-state index in [0.29, 0.717) is 5.56 Å². The topological polar surface area (TPSA) is 656 Å². The number of hydrogen-bond acceptors (Lipinski definition) is 21. The molecule has 40 nitrogen and oxygen atoms in total. The van der Waals surface area contributed by atoms with Crippen LogP contribution in [0, 0.1) is 5.92 Å². The molecule has 21 N–H and O–H groups in total. The molecule has 0 saturated carbocycles. The third-order valence-corrected chi connectivity index (χ3v) is 15.0. The standard InChI is InChI=1S/C60H86N12O28/c1-27(2)23-36(67-53(92)34(15-20-44(80)81)64-52(91)33(14-19-43(78)79)63-50(89)31(61)12-17-41(74)75)55(94)65-32(13-18-42(76)77)51(90)62-28(3)49(88)71-48(29(4)73)59(98)72-22-8-11-40(72)58(97)66-35(16-21-45(82)83)54(93)68-37(25-46(84)85)56(95)69-38(26-47(86)87)57(96)70-39(60(99)100)24-30-9-6-5-7-10-30/h5-7,9-10,27-29,31-40,48,73H,8,11-26,61H2,1-4H3,(H,62,90)(H,63,89)(H,64,91)(H,65,94)(H,66,97)(H,67,92)(H,68,93)(H,69,95)(H,70,96)(H,71,88)(H,74,75)(H,76,77)(H,78,79)(H,80,81)(H,82,83)(H,84,85)(H,86,87)(H,99,100)/t28-,29+,31-,32-,33-,34-,35-,36-,37-,38-,39-,40-,48-/m0/s1. The second kappa shape index (κ2) is 42.0. The van der Waals surface area contributed by atoms with Gasteiger partial charge < -0.3 is 110 Å². The fraction of sp³-hybridized carbons (Fsp3) is 0.583. The van der Waals surface area contributed by atoms with Crippen LogP contribution < -0.4 is 58.9 Å². The number of amides is 11. The quantitative estimate of drug-likeness (QED) is 0.0289. The molecule has 0 spiro atoms. The molecule has 1 aliphatic rings. The van der Waals surface area contributed by atoms with Crippen molar-refractivity contribution < 1.29 is 137 Å². The van der Waals surface area contributed by atoms with Gasteiger partial charge in [0.2, 0.25) is 65.0 Å².